The highest BCUT2D eigenvalue weighted by Crippen LogP contribution is 2.31. The van der Waals surface area contributed by atoms with Gasteiger partial charge in [-0.3, -0.25) is 9.59 Å². The Morgan fingerprint density at radius 3 is 1.87 bits per heavy atom. The van der Waals surface area contributed by atoms with Crippen LogP contribution in [0.1, 0.15) is 92.0 Å². The number of carbonyl (C=O) groups excluding carboxylic acids is 2. The third-order valence-electron chi connectivity index (χ3n) is 5.53. The largest absolute Gasteiger partial charge is 0.382 e. The minimum absolute atomic E-state index is 0.109. The van der Waals surface area contributed by atoms with Gasteiger partial charge >= 0.3 is 0 Å². The second-order valence-electron chi connectivity index (χ2n) is 8.95. The Labute approximate surface area is 180 Å². The van der Waals surface area contributed by atoms with Crippen molar-refractivity contribution in [3.63, 3.8) is 0 Å². The lowest BCUT2D eigenvalue weighted by Gasteiger charge is -2.30. The van der Waals surface area contributed by atoms with E-state index in [4.69, 9.17) is 0 Å². The predicted octanol–water partition coefficient (Wildman–Crippen LogP) is 5.33. The average molecular weight is 411 g/mol. The van der Waals surface area contributed by atoms with E-state index in [1.54, 1.807) is 24.3 Å². The van der Waals surface area contributed by atoms with Crippen LogP contribution in [0.5, 0.6) is 0 Å². The Morgan fingerprint density at radius 2 is 1.40 bits per heavy atom. The minimum Gasteiger partial charge on any atom is -0.382 e. The zero-order valence-corrected chi connectivity index (χ0v) is 18.5. The minimum atomic E-state index is -1.29. The van der Waals surface area contributed by atoms with E-state index < -0.39 is 11.2 Å². The van der Waals surface area contributed by atoms with Gasteiger partial charge in [-0.25, -0.2) is 0 Å². The highest BCUT2D eigenvalue weighted by Gasteiger charge is 2.37. The molecule has 3 rings (SSSR count). The molecule has 0 bridgehead atoms. The van der Waals surface area contributed by atoms with Gasteiger partial charge in [0, 0.05) is 11.1 Å². The van der Waals surface area contributed by atoms with Gasteiger partial charge in [0.25, 0.3) is 0 Å². The molecule has 30 heavy (non-hydrogen) atoms. The van der Waals surface area contributed by atoms with Crippen molar-refractivity contribution in [1.82, 2.24) is 0 Å². The molecule has 0 spiro atoms. The summed E-state index contributed by atoms with van der Waals surface area (Å²) in [6.07, 6.45) is 4.26. The summed E-state index contributed by atoms with van der Waals surface area (Å²) in [5.41, 5.74) is -0.00466. The first-order valence-corrected chi connectivity index (χ1v) is 10.7. The summed E-state index contributed by atoms with van der Waals surface area (Å²) in [7, 11) is 0. The van der Waals surface area contributed by atoms with E-state index >= 15 is 0 Å². The molecule has 0 heterocycles. The number of benzene rings is 2. The molecule has 0 atom stereocenters. The van der Waals surface area contributed by atoms with E-state index in [9.17, 15) is 19.8 Å². The molecule has 0 aromatic heterocycles. The Morgan fingerprint density at radius 1 is 0.867 bits per heavy atom. The SMILES string of the molecule is CC(C)c1ccc(C(=O)C(C)(C)O)cc1.O=C(c1ccccc1)C1(O)CCCCC1. The maximum atomic E-state index is 12.1. The highest BCUT2D eigenvalue weighted by atomic mass is 16.3. The van der Waals surface area contributed by atoms with Crippen LogP contribution in [-0.4, -0.2) is 33.0 Å². The van der Waals surface area contributed by atoms with Crippen molar-refractivity contribution in [3.05, 3.63) is 71.3 Å². The third kappa shape index (κ3) is 6.35. The molecule has 2 N–H and O–H groups in total. The summed E-state index contributed by atoms with van der Waals surface area (Å²) in [6.45, 7) is 7.22. The molecule has 1 aliphatic carbocycles. The fraction of sp³-hybridized carbons (Fsp3) is 0.462. The molecule has 0 unspecified atom stereocenters. The number of aliphatic hydroxyl groups is 2. The average Bonchev–Trinajstić information content (AvgIpc) is 2.73. The zero-order valence-electron chi connectivity index (χ0n) is 18.5. The second kappa shape index (κ2) is 10.1. The monoisotopic (exact) mass is 410 g/mol. The van der Waals surface area contributed by atoms with Crippen molar-refractivity contribution in [3.8, 4) is 0 Å². The molecule has 0 aliphatic heterocycles. The number of rotatable bonds is 5. The summed E-state index contributed by atoms with van der Waals surface area (Å²) in [4.78, 5) is 23.8. The molecular formula is C26H34O4. The van der Waals surface area contributed by atoms with Gasteiger partial charge in [-0.15, -0.1) is 0 Å². The fourth-order valence-electron chi connectivity index (χ4n) is 3.59. The van der Waals surface area contributed by atoms with E-state index in [1.807, 2.05) is 30.3 Å². The summed E-state index contributed by atoms with van der Waals surface area (Å²) in [5, 5.41) is 19.8. The number of carbonyl (C=O) groups is 2. The van der Waals surface area contributed by atoms with Crippen LogP contribution in [-0.2, 0) is 0 Å². The Hall–Kier alpha value is -2.30. The van der Waals surface area contributed by atoms with Gasteiger partial charge in [-0.05, 0) is 38.2 Å². The first-order valence-electron chi connectivity index (χ1n) is 10.7. The maximum Gasteiger partial charge on any atom is 0.194 e. The standard InChI is InChI=1S/C13H16O2.C13H18O2/c14-12(11-7-3-1-4-8-11)13(15)9-5-2-6-10-13;1-9(2)10-5-7-11(8-6-10)12(14)13(3,4)15/h1,3-4,7-8,15H,2,5-6,9-10H2;5-9,15H,1-4H3. The lowest BCUT2D eigenvalue weighted by Crippen LogP contribution is -2.40. The second-order valence-corrected chi connectivity index (χ2v) is 8.95. The molecule has 1 saturated carbocycles. The summed E-state index contributed by atoms with van der Waals surface area (Å²) in [6, 6.07) is 16.5. The third-order valence-corrected chi connectivity index (χ3v) is 5.53. The lowest BCUT2D eigenvalue weighted by molar-refractivity contribution is 0.0116. The van der Waals surface area contributed by atoms with E-state index in [1.165, 1.54) is 19.4 Å². The van der Waals surface area contributed by atoms with E-state index in [0.717, 1.165) is 19.3 Å². The zero-order chi connectivity index (χ0) is 22.4. The Balaban J connectivity index is 0.000000214. The molecule has 2 aromatic carbocycles. The van der Waals surface area contributed by atoms with Crippen LogP contribution in [0, 0.1) is 0 Å². The molecule has 4 nitrogen and oxygen atoms in total. The number of hydrogen-bond acceptors (Lipinski definition) is 4. The van der Waals surface area contributed by atoms with Crippen LogP contribution in [0.3, 0.4) is 0 Å². The summed E-state index contributed by atoms with van der Waals surface area (Å²) < 4.78 is 0. The van der Waals surface area contributed by atoms with Gasteiger partial charge in [0.2, 0.25) is 0 Å². The summed E-state index contributed by atoms with van der Waals surface area (Å²) >= 11 is 0. The highest BCUT2D eigenvalue weighted by molar-refractivity contribution is 6.02. The van der Waals surface area contributed by atoms with Crippen LogP contribution in [0.4, 0.5) is 0 Å². The van der Waals surface area contributed by atoms with Crippen LogP contribution in [0.15, 0.2) is 54.6 Å². The van der Waals surface area contributed by atoms with Gasteiger partial charge in [0.1, 0.15) is 11.2 Å². The first kappa shape index (κ1) is 24.0. The van der Waals surface area contributed by atoms with Gasteiger partial charge in [0.05, 0.1) is 0 Å². The van der Waals surface area contributed by atoms with Gasteiger partial charge in [0.15, 0.2) is 11.6 Å². The molecule has 4 heteroatoms. The van der Waals surface area contributed by atoms with Crippen molar-refractivity contribution in [2.24, 2.45) is 0 Å². The van der Waals surface area contributed by atoms with Crippen LogP contribution in [0.25, 0.3) is 0 Å². The Kier molecular flexibility index (Phi) is 8.10. The molecule has 1 fully saturated rings. The quantitative estimate of drug-likeness (QED) is 0.654. The normalized spacial score (nSPS) is 15.8. The summed E-state index contributed by atoms with van der Waals surface area (Å²) in [5.74, 6) is 0.108. The van der Waals surface area contributed by atoms with E-state index in [2.05, 4.69) is 13.8 Å². The molecule has 2 aromatic rings. The van der Waals surface area contributed by atoms with Crippen LogP contribution < -0.4 is 0 Å². The smallest absolute Gasteiger partial charge is 0.194 e. The maximum absolute atomic E-state index is 12.1. The van der Waals surface area contributed by atoms with E-state index in [0.29, 0.717) is 29.9 Å². The van der Waals surface area contributed by atoms with Gasteiger partial charge in [-0.1, -0.05) is 87.7 Å². The van der Waals surface area contributed by atoms with Gasteiger partial charge in [-0.2, -0.15) is 0 Å². The van der Waals surface area contributed by atoms with Crippen molar-refractivity contribution in [2.45, 2.75) is 76.9 Å². The van der Waals surface area contributed by atoms with Crippen molar-refractivity contribution in [1.29, 1.82) is 0 Å². The fourth-order valence-corrected chi connectivity index (χ4v) is 3.59. The van der Waals surface area contributed by atoms with E-state index in [-0.39, 0.29) is 11.6 Å². The molecule has 0 saturated heterocycles. The number of ketones is 2. The van der Waals surface area contributed by atoms with Crippen LogP contribution in [0.2, 0.25) is 0 Å². The predicted molar refractivity (Wildman–Crippen MR) is 120 cm³/mol. The molecule has 162 valence electrons. The molecule has 0 radical (unpaired) electrons. The lowest BCUT2D eigenvalue weighted by atomic mass is 9.79. The van der Waals surface area contributed by atoms with Crippen molar-refractivity contribution in [2.75, 3.05) is 0 Å². The van der Waals surface area contributed by atoms with Crippen molar-refractivity contribution >= 4 is 11.6 Å². The topological polar surface area (TPSA) is 74.6 Å². The van der Waals surface area contributed by atoms with Crippen LogP contribution >= 0.6 is 0 Å². The Bertz CT molecular complexity index is 824. The van der Waals surface area contributed by atoms with Gasteiger partial charge < -0.3 is 10.2 Å². The number of Topliss-reactive ketones (excluding diaryl/α,β-unsaturated/α-hetero) is 2. The molecule has 1 aliphatic rings. The first-order chi connectivity index (χ1) is 14.0. The molecule has 0 amide bonds. The number of hydrogen-bond donors (Lipinski definition) is 2. The van der Waals surface area contributed by atoms with Crippen molar-refractivity contribution < 1.29 is 19.8 Å². The molecular weight excluding hydrogens is 376 g/mol.